The van der Waals surface area contributed by atoms with Crippen LogP contribution in [0.5, 0.6) is 0 Å². The Hall–Kier alpha value is -1.40. The fourth-order valence-electron chi connectivity index (χ4n) is 4.01. The molecule has 128 valence electrons. The lowest BCUT2D eigenvalue weighted by Crippen LogP contribution is -2.59. The summed E-state index contributed by atoms with van der Waals surface area (Å²) in [6, 6.07) is 0.763. The molecule has 2 aliphatic heterocycles. The summed E-state index contributed by atoms with van der Waals surface area (Å²) >= 11 is 0. The van der Waals surface area contributed by atoms with Crippen LogP contribution in [0.4, 0.5) is 0 Å². The van der Waals surface area contributed by atoms with Gasteiger partial charge in [0.25, 0.3) is 0 Å². The van der Waals surface area contributed by atoms with E-state index in [2.05, 4.69) is 33.2 Å². The first kappa shape index (κ1) is 16.5. The van der Waals surface area contributed by atoms with E-state index in [9.17, 15) is 4.79 Å². The lowest BCUT2D eigenvalue weighted by Gasteiger charge is -2.45. The highest BCUT2D eigenvalue weighted by Crippen LogP contribution is 2.24. The molecule has 0 aromatic carbocycles. The fraction of sp³-hybridized carbons (Fsp3) is 0.765. The van der Waals surface area contributed by atoms with Gasteiger partial charge in [0.1, 0.15) is 0 Å². The van der Waals surface area contributed by atoms with E-state index in [1.165, 1.54) is 5.69 Å². The highest BCUT2D eigenvalue weighted by molar-refractivity contribution is 5.79. The first-order valence-electron chi connectivity index (χ1n) is 8.62. The summed E-state index contributed by atoms with van der Waals surface area (Å²) in [5, 5.41) is 0. The van der Waals surface area contributed by atoms with Gasteiger partial charge >= 0.3 is 0 Å². The maximum absolute atomic E-state index is 12.9. The molecule has 6 heteroatoms. The van der Waals surface area contributed by atoms with Crippen LogP contribution in [0.25, 0.3) is 0 Å². The van der Waals surface area contributed by atoms with Crippen LogP contribution < -0.4 is 0 Å². The summed E-state index contributed by atoms with van der Waals surface area (Å²) in [6.45, 7) is 8.65. The van der Waals surface area contributed by atoms with Gasteiger partial charge in [0, 0.05) is 69.6 Å². The maximum atomic E-state index is 12.9. The molecular formula is C17H28N4O2. The second-order valence-electron chi connectivity index (χ2n) is 6.94. The highest BCUT2D eigenvalue weighted by atomic mass is 16.5. The van der Waals surface area contributed by atoms with Gasteiger partial charge in [-0.15, -0.1) is 0 Å². The molecule has 1 saturated heterocycles. The van der Waals surface area contributed by atoms with Crippen LogP contribution in [0.1, 0.15) is 26.0 Å². The van der Waals surface area contributed by atoms with Gasteiger partial charge in [-0.05, 0) is 20.3 Å². The summed E-state index contributed by atoms with van der Waals surface area (Å²) in [5.41, 5.74) is 1.19. The van der Waals surface area contributed by atoms with Gasteiger partial charge < -0.3 is 14.2 Å². The van der Waals surface area contributed by atoms with Crippen LogP contribution >= 0.6 is 0 Å². The van der Waals surface area contributed by atoms with E-state index >= 15 is 0 Å². The third-order valence-electron chi connectivity index (χ3n) is 5.29. The number of carbonyl (C=O) groups excluding carboxylic acids is 1. The third kappa shape index (κ3) is 3.43. The number of hydrogen-bond donors (Lipinski definition) is 0. The summed E-state index contributed by atoms with van der Waals surface area (Å²) in [6.07, 6.45) is 5.52. The Bertz CT molecular complexity index is 532. The number of rotatable bonds is 4. The number of aromatic nitrogens is 2. The molecule has 3 atom stereocenters. The van der Waals surface area contributed by atoms with Crippen molar-refractivity contribution in [2.75, 3.05) is 33.4 Å². The number of piperazine rings is 1. The average Bonchev–Trinajstić information content (AvgIpc) is 3.00. The number of nitrogens with zero attached hydrogens (tertiary/aromatic N) is 4. The Balaban J connectivity index is 1.61. The number of amides is 1. The zero-order valence-corrected chi connectivity index (χ0v) is 14.4. The largest absolute Gasteiger partial charge is 0.383 e. The normalized spacial score (nSPS) is 28.7. The van der Waals surface area contributed by atoms with Crippen molar-refractivity contribution in [3.05, 3.63) is 18.2 Å². The number of ether oxygens (including phenoxy) is 1. The minimum atomic E-state index is 0.115. The van der Waals surface area contributed by atoms with E-state index in [0.29, 0.717) is 18.0 Å². The first-order chi connectivity index (χ1) is 11.1. The van der Waals surface area contributed by atoms with Crippen molar-refractivity contribution >= 4 is 5.91 Å². The number of imidazole rings is 1. The van der Waals surface area contributed by atoms with Crippen LogP contribution in [0.15, 0.2) is 12.5 Å². The van der Waals surface area contributed by atoms with E-state index in [1.807, 2.05) is 12.5 Å². The van der Waals surface area contributed by atoms with Crippen LogP contribution in [-0.4, -0.2) is 70.7 Å². The quantitative estimate of drug-likeness (QED) is 0.831. The Morgan fingerprint density at radius 3 is 2.78 bits per heavy atom. The third-order valence-corrected chi connectivity index (χ3v) is 5.29. The number of fused-ring (bicyclic) bond motifs is 1. The lowest BCUT2D eigenvalue weighted by atomic mass is 9.93. The molecule has 3 heterocycles. The molecule has 3 rings (SSSR count). The van der Waals surface area contributed by atoms with E-state index in [1.54, 1.807) is 7.11 Å². The van der Waals surface area contributed by atoms with Crippen LogP contribution in [0.3, 0.4) is 0 Å². The van der Waals surface area contributed by atoms with Gasteiger partial charge in [-0.2, -0.15) is 0 Å². The molecule has 1 aromatic rings. The number of methoxy groups -OCH3 is 1. The summed E-state index contributed by atoms with van der Waals surface area (Å²) in [5.74, 6) is 0.437. The Labute approximate surface area is 138 Å². The molecule has 0 bridgehead atoms. The van der Waals surface area contributed by atoms with Crippen molar-refractivity contribution in [1.29, 1.82) is 0 Å². The molecule has 0 saturated carbocycles. The Kier molecular flexibility index (Phi) is 5.02. The summed E-state index contributed by atoms with van der Waals surface area (Å²) < 4.78 is 7.37. The molecule has 0 aliphatic carbocycles. The Morgan fingerprint density at radius 2 is 2.09 bits per heavy atom. The molecule has 1 aromatic heterocycles. The van der Waals surface area contributed by atoms with Gasteiger partial charge in [0.2, 0.25) is 5.91 Å². The molecule has 0 N–H and O–H groups in total. The topological polar surface area (TPSA) is 50.6 Å². The lowest BCUT2D eigenvalue weighted by molar-refractivity contribution is -0.140. The molecule has 1 amide bonds. The van der Waals surface area contributed by atoms with Crippen molar-refractivity contribution in [2.24, 2.45) is 5.92 Å². The highest BCUT2D eigenvalue weighted by Gasteiger charge is 2.35. The van der Waals surface area contributed by atoms with Gasteiger partial charge in [-0.3, -0.25) is 9.69 Å². The summed E-state index contributed by atoms with van der Waals surface area (Å²) in [7, 11) is 1.74. The van der Waals surface area contributed by atoms with Gasteiger partial charge in [0.05, 0.1) is 12.9 Å². The molecule has 6 nitrogen and oxygen atoms in total. The van der Waals surface area contributed by atoms with Crippen molar-refractivity contribution in [1.82, 2.24) is 19.4 Å². The van der Waals surface area contributed by atoms with E-state index in [4.69, 9.17) is 4.74 Å². The number of carbonyl (C=O) groups is 1. The average molecular weight is 320 g/mol. The smallest absolute Gasteiger partial charge is 0.226 e. The van der Waals surface area contributed by atoms with Crippen LogP contribution in [-0.2, 0) is 22.5 Å². The monoisotopic (exact) mass is 320 g/mol. The van der Waals surface area contributed by atoms with Crippen LogP contribution in [0, 0.1) is 5.92 Å². The number of aryl methyl sites for hydroxylation is 1. The molecule has 2 aliphatic rings. The van der Waals surface area contributed by atoms with Crippen molar-refractivity contribution in [3.8, 4) is 0 Å². The minimum absolute atomic E-state index is 0.115. The fourth-order valence-corrected chi connectivity index (χ4v) is 4.01. The van der Waals surface area contributed by atoms with Gasteiger partial charge in [-0.1, -0.05) is 0 Å². The van der Waals surface area contributed by atoms with Crippen molar-refractivity contribution < 1.29 is 9.53 Å². The van der Waals surface area contributed by atoms with Crippen molar-refractivity contribution in [2.45, 2.75) is 45.3 Å². The van der Waals surface area contributed by atoms with Gasteiger partial charge in [0.15, 0.2) is 0 Å². The molecule has 0 radical (unpaired) electrons. The maximum Gasteiger partial charge on any atom is 0.226 e. The zero-order valence-electron chi connectivity index (χ0n) is 14.4. The van der Waals surface area contributed by atoms with E-state index in [0.717, 1.165) is 45.6 Å². The Morgan fingerprint density at radius 1 is 1.35 bits per heavy atom. The molecule has 0 spiro atoms. The van der Waals surface area contributed by atoms with Crippen LogP contribution in [0.2, 0.25) is 0 Å². The zero-order chi connectivity index (χ0) is 16.4. The van der Waals surface area contributed by atoms with Gasteiger partial charge in [-0.25, -0.2) is 4.98 Å². The molecule has 1 fully saturated rings. The minimum Gasteiger partial charge on any atom is -0.383 e. The standard InChI is InChI=1S/C17H28N4O2/c1-13-10-20(11-14(2)21(13)6-7-23-3)17(22)15-4-5-19-12-18-9-16(19)8-15/h9,12-15H,4-8,10-11H2,1-3H3/t13-,14-,15-/m1/s1. The predicted molar refractivity (Wildman–Crippen MR) is 88.1 cm³/mol. The van der Waals surface area contributed by atoms with E-state index in [-0.39, 0.29) is 5.92 Å². The van der Waals surface area contributed by atoms with Crippen molar-refractivity contribution in [3.63, 3.8) is 0 Å². The number of hydrogen-bond acceptors (Lipinski definition) is 4. The molecular weight excluding hydrogens is 292 g/mol. The summed E-state index contributed by atoms with van der Waals surface area (Å²) in [4.78, 5) is 21.7. The molecule has 23 heavy (non-hydrogen) atoms. The SMILES string of the molecule is COCCN1[C@H](C)CN(C(=O)[C@@H]2CCn3cncc3C2)C[C@H]1C. The van der Waals surface area contributed by atoms with E-state index < -0.39 is 0 Å². The second-order valence-corrected chi connectivity index (χ2v) is 6.94. The molecule has 0 unspecified atom stereocenters. The predicted octanol–water partition coefficient (Wildman–Crippen LogP) is 1.01. The first-order valence-corrected chi connectivity index (χ1v) is 8.62. The second kappa shape index (κ2) is 7.01.